The zero-order valence-electron chi connectivity index (χ0n) is 27.1. The van der Waals surface area contributed by atoms with Crippen molar-refractivity contribution in [3.63, 3.8) is 0 Å². The lowest BCUT2D eigenvalue weighted by atomic mass is 9.44. The first-order chi connectivity index (χ1) is 20.8. The highest BCUT2D eigenvalue weighted by Crippen LogP contribution is 2.68. The Hall–Kier alpha value is -1.32. The van der Waals surface area contributed by atoms with Gasteiger partial charge >= 0.3 is 11.9 Å². The Labute approximate surface area is 268 Å². The molecular formula is C31H50O12S2-2. The van der Waals surface area contributed by atoms with Crippen molar-refractivity contribution in [3.05, 3.63) is 0 Å². The topological polar surface area (TPSA) is 185 Å². The lowest BCUT2D eigenvalue weighted by Crippen LogP contribution is -2.58. The van der Waals surface area contributed by atoms with Crippen LogP contribution in [0, 0.1) is 52.3 Å². The van der Waals surface area contributed by atoms with Crippen LogP contribution in [0.2, 0.25) is 0 Å². The molecule has 4 saturated carbocycles. The Balaban J connectivity index is 1.50. The molecule has 0 spiro atoms. The van der Waals surface area contributed by atoms with Crippen LogP contribution in [0.5, 0.6) is 0 Å². The van der Waals surface area contributed by atoms with Crippen LogP contribution < -0.4 is 0 Å². The third-order valence-corrected chi connectivity index (χ3v) is 13.0. The van der Waals surface area contributed by atoms with Gasteiger partial charge in [0.15, 0.2) is 0 Å². The van der Waals surface area contributed by atoms with Crippen molar-refractivity contribution in [1.29, 1.82) is 0 Å². The molecule has 0 N–H and O–H groups in total. The highest BCUT2D eigenvalue weighted by Gasteiger charge is 2.62. The summed E-state index contributed by atoms with van der Waals surface area (Å²) in [6, 6.07) is 0. The first kappa shape index (κ1) is 36.5. The molecule has 12 nitrogen and oxygen atoms in total. The fraction of sp³-hybridized carbons (Fsp3) is 0.935. The van der Waals surface area contributed by atoms with Crippen molar-refractivity contribution in [2.24, 2.45) is 52.3 Å². The predicted octanol–water partition coefficient (Wildman–Crippen LogP) is 4.49. The number of hydrogen-bond donors (Lipinski definition) is 0. The van der Waals surface area contributed by atoms with Gasteiger partial charge < -0.3 is 18.6 Å². The Kier molecular flexibility index (Phi) is 11.4. The van der Waals surface area contributed by atoms with Gasteiger partial charge in [0, 0.05) is 13.8 Å². The van der Waals surface area contributed by atoms with Gasteiger partial charge in [0.05, 0.1) is 13.2 Å². The number of carbonyl (C=O) groups is 2. The maximum Gasteiger partial charge on any atom is 0.302 e. The van der Waals surface area contributed by atoms with Crippen LogP contribution in [0.3, 0.4) is 0 Å². The summed E-state index contributed by atoms with van der Waals surface area (Å²) in [6.07, 6.45) is 6.78. The summed E-state index contributed by atoms with van der Waals surface area (Å²) >= 11 is 0. The van der Waals surface area contributed by atoms with E-state index in [4.69, 9.17) is 17.8 Å². The van der Waals surface area contributed by atoms with Crippen LogP contribution in [-0.4, -0.2) is 63.3 Å². The van der Waals surface area contributed by atoms with Crippen molar-refractivity contribution in [1.82, 2.24) is 0 Å². The van der Waals surface area contributed by atoms with Crippen molar-refractivity contribution < 1.29 is 53.4 Å². The Bertz CT molecular complexity index is 1290. The van der Waals surface area contributed by atoms with E-state index in [0.717, 1.165) is 51.4 Å². The van der Waals surface area contributed by atoms with Crippen LogP contribution in [-0.2, 0) is 48.2 Å². The second kappa shape index (κ2) is 14.0. The summed E-state index contributed by atoms with van der Waals surface area (Å²) < 4.78 is 89.4. The van der Waals surface area contributed by atoms with Gasteiger partial charge in [-0.15, -0.1) is 0 Å². The van der Waals surface area contributed by atoms with Crippen molar-refractivity contribution in [2.75, 3.05) is 13.2 Å². The van der Waals surface area contributed by atoms with E-state index in [1.165, 1.54) is 13.8 Å². The monoisotopic (exact) mass is 678 g/mol. The average molecular weight is 679 g/mol. The number of ether oxygens (including phenoxy) is 2. The highest BCUT2D eigenvalue weighted by atomic mass is 32.3. The zero-order valence-corrected chi connectivity index (χ0v) is 28.7. The van der Waals surface area contributed by atoms with Gasteiger partial charge in [-0.05, 0) is 116 Å². The average Bonchev–Trinajstić information content (AvgIpc) is 3.25. The van der Waals surface area contributed by atoms with Crippen molar-refractivity contribution in [3.8, 4) is 0 Å². The summed E-state index contributed by atoms with van der Waals surface area (Å²) in [5, 5.41) is 0. The van der Waals surface area contributed by atoms with Crippen LogP contribution in [0.15, 0.2) is 0 Å². The molecule has 0 bridgehead atoms. The normalized spacial score (nSPS) is 37.9. The molecule has 0 saturated heterocycles. The molecule has 0 heterocycles. The highest BCUT2D eigenvalue weighted by molar-refractivity contribution is 7.81. The first-order valence-corrected chi connectivity index (χ1v) is 19.0. The third kappa shape index (κ3) is 8.78. The smallest absolute Gasteiger partial charge is 0.302 e. The second-order valence-electron chi connectivity index (χ2n) is 14.8. The van der Waals surface area contributed by atoms with E-state index in [1.807, 2.05) is 6.92 Å². The Morgan fingerprint density at radius 2 is 1.53 bits per heavy atom. The van der Waals surface area contributed by atoms with E-state index in [9.17, 15) is 35.5 Å². The van der Waals surface area contributed by atoms with E-state index in [2.05, 4.69) is 13.8 Å². The maximum atomic E-state index is 12.0. The molecule has 45 heavy (non-hydrogen) atoms. The number of rotatable bonds is 13. The molecule has 11 atom stereocenters. The Morgan fingerprint density at radius 3 is 2.16 bits per heavy atom. The van der Waals surface area contributed by atoms with Gasteiger partial charge in [0.25, 0.3) is 0 Å². The lowest BCUT2D eigenvalue weighted by Gasteiger charge is -2.62. The molecule has 0 amide bonds. The number of fused-ring (bicyclic) bond motifs is 5. The summed E-state index contributed by atoms with van der Waals surface area (Å²) in [5.41, 5.74) is -0.299. The van der Waals surface area contributed by atoms with Crippen LogP contribution in [0.1, 0.15) is 105 Å². The van der Waals surface area contributed by atoms with Gasteiger partial charge in [0.2, 0.25) is 20.8 Å². The molecule has 260 valence electrons. The van der Waals surface area contributed by atoms with E-state index < -0.39 is 39.0 Å². The van der Waals surface area contributed by atoms with Crippen LogP contribution >= 0.6 is 0 Å². The minimum absolute atomic E-state index is 0.0688. The summed E-state index contributed by atoms with van der Waals surface area (Å²) in [7, 11) is -9.81. The molecule has 0 aromatic rings. The lowest BCUT2D eigenvalue weighted by molar-refractivity contribution is -0.180. The van der Waals surface area contributed by atoms with E-state index in [1.54, 1.807) is 0 Å². The van der Waals surface area contributed by atoms with Gasteiger partial charge in [-0.2, -0.15) is 0 Å². The minimum Gasteiger partial charge on any atom is -0.726 e. The van der Waals surface area contributed by atoms with Crippen molar-refractivity contribution >= 4 is 32.7 Å². The predicted molar refractivity (Wildman–Crippen MR) is 160 cm³/mol. The maximum absolute atomic E-state index is 12.0. The third-order valence-electron chi connectivity index (χ3n) is 12.1. The van der Waals surface area contributed by atoms with Crippen LogP contribution in [0.4, 0.5) is 0 Å². The summed E-state index contributed by atoms with van der Waals surface area (Å²) in [4.78, 5) is 23.1. The van der Waals surface area contributed by atoms with Crippen LogP contribution in [0.25, 0.3) is 0 Å². The Morgan fingerprint density at radius 1 is 0.844 bits per heavy atom. The quantitative estimate of drug-likeness (QED) is 0.151. The van der Waals surface area contributed by atoms with Gasteiger partial charge in [-0.1, -0.05) is 27.2 Å². The fourth-order valence-corrected chi connectivity index (χ4v) is 11.1. The molecule has 0 radical (unpaired) electrons. The molecule has 0 aromatic heterocycles. The molecule has 14 heteroatoms. The molecule has 4 rings (SSSR count). The van der Waals surface area contributed by atoms with Gasteiger partial charge in [0.1, 0.15) is 12.2 Å². The molecule has 4 fully saturated rings. The summed E-state index contributed by atoms with van der Waals surface area (Å²) in [5.74, 6) is 0.570. The van der Waals surface area contributed by atoms with Crippen molar-refractivity contribution in [2.45, 2.75) is 117 Å². The summed E-state index contributed by atoms with van der Waals surface area (Å²) in [6.45, 7) is 9.37. The van der Waals surface area contributed by atoms with Gasteiger partial charge in [-0.3, -0.25) is 18.0 Å². The zero-order chi connectivity index (χ0) is 33.4. The molecule has 4 aliphatic carbocycles. The largest absolute Gasteiger partial charge is 0.726 e. The van der Waals surface area contributed by atoms with E-state index in [0.29, 0.717) is 43.6 Å². The molecule has 0 aromatic carbocycles. The molecule has 4 aliphatic rings. The SMILES string of the molecule is CC(=O)OC[C@H](C)CCC[C@@H](COS(=O)(=O)[O-])[C@H]1CC[C@H]2[C@@H]3CC[C@H]4C[C@H](OS(=O)(=O)[O-])[C@@H](OC(C)=O)C[C@]4(C)[C@H]3CC[C@]12C. The first-order valence-electron chi connectivity index (χ1n) is 16.4. The fourth-order valence-electron chi connectivity index (χ4n) is 10.3. The standard InChI is InChI=1S/C31H52O12S2/c1-19(17-40-20(2)32)7-6-8-22(18-41-44(34,35)36)25-11-12-26-24-10-9-23-15-28(43-45(37,38)39)29(42-21(3)33)16-31(23,5)27(24)13-14-30(25,26)4/h19,22-29H,6-18H2,1-5H3,(H,34,35,36)(H,37,38,39)/p-2/t19-,22+,23+,24+,25-,26+,27+,28+,29+,30-,31+/m1/s1. The number of hydrogen-bond acceptors (Lipinski definition) is 12. The molecular weight excluding hydrogens is 628 g/mol. The number of carbonyl (C=O) groups excluding carboxylic acids is 2. The van der Waals surface area contributed by atoms with Gasteiger partial charge in [-0.25, -0.2) is 16.8 Å². The molecule has 0 aliphatic heterocycles. The second-order valence-corrected chi connectivity index (χ2v) is 16.9. The minimum atomic E-state index is -4.97. The van der Waals surface area contributed by atoms with E-state index in [-0.39, 0.29) is 47.1 Å². The molecule has 0 unspecified atom stereocenters. The van der Waals surface area contributed by atoms with E-state index >= 15 is 0 Å². The number of esters is 2.